The Morgan fingerprint density at radius 3 is 2.40 bits per heavy atom. The van der Waals surface area contributed by atoms with Gasteiger partial charge in [-0.15, -0.1) is 0 Å². The normalized spacial score (nSPS) is 10.6. The molecule has 0 saturated carbocycles. The van der Waals surface area contributed by atoms with Gasteiger partial charge in [-0.3, -0.25) is 15.0 Å². The van der Waals surface area contributed by atoms with Gasteiger partial charge < -0.3 is 5.32 Å². The second kappa shape index (κ2) is 9.32. The van der Waals surface area contributed by atoms with Crippen LogP contribution in [0.2, 0.25) is 0 Å². The fraction of sp³-hybridized carbons (Fsp3) is 0.263. The number of anilines is 1. The van der Waals surface area contributed by atoms with E-state index < -0.39 is 0 Å². The lowest BCUT2D eigenvalue weighted by Crippen LogP contribution is -2.23. The average molecular weight is 338 g/mol. The molecular formula is C19H22N4O2. The summed E-state index contributed by atoms with van der Waals surface area (Å²) in [6, 6.07) is 10.6. The van der Waals surface area contributed by atoms with Crippen LogP contribution < -0.4 is 10.7 Å². The van der Waals surface area contributed by atoms with Gasteiger partial charge in [0.15, 0.2) is 5.78 Å². The topological polar surface area (TPSA) is 83.5 Å². The van der Waals surface area contributed by atoms with E-state index in [0.717, 1.165) is 12.0 Å². The summed E-state index contributed by atoms with van der Waals surface area (Å²) in [6.07, 6.45) is 4.54. The van der Waals surface area contributed by atoms with Crippen LogP contribution in [0, 0.1) is 0 Å². The van der Waals surface area contributed by atoms with Gasteiger partial charge in [-0.1, -0.05) is 26.0 Å². The van der Waals surface area contributed by atoms with Crippen LogP contribution in [0.5, 0.6) is 0 Å². The summed E-state index contributed by atoms with van der Waals surface area (Å²) in [5.41, 5.74) is 4.88. The number of ketones is 1. The Morgan fingerprint density at radius 2 is 1.80 bits per heavy atom. The Labute approximate surface area is 147 Å². The third-order valence-corrected chi connectivity index (χ3v) is 3.51. The first-order chi connectivity index (χ1) is 12.1. The standard InChI is InChI=1S/C19H22N4O2/c1-3-11-20-19(25)15-7-5-14(6-8-15)12-22-23-18-10-9-16(13-21-18)17(24)4-2/h5-10,12-13H,3-4,11H2,1-2H3,(H,20,25)(H,21,23)/b22-12+. The van der Waals surface area contributed by atoms with Gasteiger partial charge in [-0.05, 0) is 36.2 Å². The van der Waals surface area contributed by atoms with Crippen LogP contribution in [0.1, 0.15) is 53.0 Å². The highest BCUT2D eigenvalue weighted by molar-refractivity contribution is 5.96. The second-order valence-electron chi connectivity index (χ2n) is 5.46. The van der Waals surface area contributed by atoms with E-state index in [1.54, 1.807) is 30.5 Å². The zero-order valence-corrected chi connectivity index (χ0v) is 14.5. The molecule has 0 aliphatic heterocycles. The summed E-state index contributed by atoms with van der Waals surface area (Å²) in [5.74, 6) is 0.541. The molecule has 0 aliphatic rings. The molecule has 0 bridgehead atoms. The summed E-state index contributed by atoms with van der Waals surface area (Å²) in [6.45, 7) is 4.50. The molecular weight excluding hydrogens is 316 g/mol. The zero-order valence-electron chi connectivity index (χ0n) is 14.5. The van der Waals surface area contributed by atoms with Crippen LogP contribution in [0.3, 0.4) is 0 Å². The minimum absolute atomic E-state index is 0.0608. The maximum atomic E-state index is 11.8. The number of amides is 1. The van der Waals surface area contributed by atoms with Gasteiger partial charge in [0.25, 0.3) is 5.91 Å². The molecule has 25 heavy (non-hydrogen) atoms. The highest BCUT2D eigenvalue weighted by Gasteiger charge is 2.04. The van der Waals surface area contributed by atoms with Crippen LogP contribution >= 0.6 is 0 Å². The van der Waals surface area contributed by atoms with Crippen molar-refractivity contribution >= 4 is 23.7 Å². The van der Waals surface area contributed by atoms with Crippen LogP contribution in [-0.2, 0) is 0 Å². The van der Waals surface area contributed by atoms with E-state index in [0.29, 0.717) is 29.9 Å². The lowest BCUT2D eigenvalue weighted by molar-refractivity contribution is 0.0952. The maximum Gasteiger partial charge on any atom is 0.251 e. The van der Waals surface area contributed by atoms with E-state index in [1.165, 1.54) is 6.20 Å². The molecule has 0 atom stereocenters. The number of nitrogens with one attached hydrogen (secondary N) is 2. The number of nitrogens with zero attached hydrogens (tertiary/aromatic N) is 2. The lowest BCUT2D eigenvalue weighted by atomic mass is 10.1. The molecule has 2 rings (SSSR count). The number of Topliss-reactive ketones (excluding diaryl/α,β-unsaturated/α-hetero) is 1. The summed E-state index contributed by atoms with van der Waals surface area (Å²) < 4.78 is 0. The van der Waals surface area contributed by atoms with Gasteiger partial charge in [0.05, 0.1) is 6.21 Å². The van der Waals surface area contributed by atoms with Gasteiger partial charge in [-0.2, -0.15) is 5.10 Å². The molecule has 0 unspecified atom stereocenters. The fourth-order valence-corrected chi connectivity index (χ4v) is 2.06. The quantitative estimate of drug-likeness (QED) is 0.440. The number of pyridine rings is 1. The van der Waals surface area contributed by atoms with E-state index in [4.69, 9.17) is 0 Å². The van der Waals surface area contributed by atoms with Gasteiger partial charge in [0, 0.05) is 30.3 Å². The van der Waals surface area contributed by atoms with Gasteiger partial charge in [0.2, 0.25) is 0 Å². The molecule has 1 heterocycles. The van der Waals surface area contributed by atoms with Crippen molar-refractivity contribution < 1.29 is 9.59 Å². The van der Waals surface area contributed by atoms with Crippen molar-refractivity contribution in [1.82, 2.24) is 10.3 Å². The van der Waals surface area contributed by atoms with Crippen LogP contribution in [0.25, 0.3) is 0 Å². The zero-order chi connectivity index (χ0) is 18.1. The molecule has 2 N–H and O–H groups in total. The number of hydrogen-bond donors (Lipinski definition) is 2. The summed E-state index contributed by atoms with van der Waals surface area (Å²) in [4.78, 5) is 27.5. The molecule has 0 radical (unpaired) electrons. The first-order valence-corrected chi connectivity index (χ1v) is 8.30. The van der Waals surface area contributed by atoms with Gasteiger partial charge in [0.1, 0.15) is 5.82 Å². The Hall–Kier alpha value is -3.02. The number of benzene rings is 1. The molecule has 1 aromatic heterocycles. The Bertz CT molecular complexity index is 737. The number of hydrazone groups is 1. The number of aromatic nitrogens is 1. The maximum absolute atomic E-state index is 11.8. The Morgan fingerprint density at radius 1 is 1.08 bits per heavy atom. The molecule has 6 nitrogen and oxygen atoms in total. The van der Waals surface area contributed by atoms with Crippen LogP contribution in [0.4, 0.5) is 5.82 Å². The van der Waals surface area contributed by atoms with Gasteiger partial charge >= 0.3 is 0 Å². The predicted molar refractivity (Wildman–Crippen MR) is 99.1 cm³/mol. The van der Waals surface area contributed by atoms with Crippen molar-refractivity contribution in [2.45, 2.75) is 26.7 Å². The first kappa shape index (κ1) is 18.3. The number of hydrogen-bond acceptors (Lipinski definition) is 5. The Balaban J connectivity index is 1.91. The Kier molecular flexibility index (Phi) is 6.83. The molecule has 0 aliphatic carbocycles. The predicted octanol–water partition coefficient (Wildman–Crippen LogP) is 3.26. The smallest absolute Gasteiger partial charge is 0.251 e. The highest BCUT2D eigenvalue weighted by atomic mass is 16.1. The van der Waals surface area contributed by atoms with Crippen molar-refractivity contribution in [3.8, 4) is 0 Å². The largest absolute Gasteiger partial charge is 0.352 e. The van der Waals surface area contributed by atoms with Crippen molar-refractivity contribution in [1.29, 1.82) is 0 Å². The average Bonchev–Trinajstić information content (AvgIpc) is 2.66. The molecule has 2 aromatic rings. The van der Waals surface area contributed by atoms with Crippen molar-refractivity contribution in [3.05, 3.63) is 59.3 Å². The third-order valence-electron chi connectivity index (χ3n) is 3.51. The SMILES string of the molecule is CCCNC(=O)c1ccc(/C=N/Nc2ccc(C(=O)CC)cn2)cc1. The van der Waals surface area contributed by atoms with Gasteiger partial charge in [-0.25, -0.2) is 4.98 Å². The summed E-state index contributed by atoms with van der Waals surface area (Å²) >= 11 is 0. The van der Waals surface area contributed by atoms with Crippen molar-refractivity contribution in [3.63, 3.8) is 0 Å². The third kappa shape index (κ3) is 5.53. The van der Waals surface area contributed by atoms with E-state index in [2.05, 4.69) is 20.8 Å². The number of carbonyl (C=O) groups excluding carboxylic acids is 2. The molecule has 0 spiro atoms. The molecule has 0 saturated heterocycles. The molecule has 1 amide bonds. The molecule has 6 heteroatoms. The molecule has 0 fully saturated rings. The number of carbonyl (C=O) groups is 2. The van der Waals surface area contributed by atoms with Crippen molar-refractivity contribution in [2.75, 3.05) is 12.0 Å². The van der Waals surface area contributed by atoms with Crippen LogP contribution in [-0.4, -0.2) is 29.4 Å². The van der Waals surface area contributed by atoms with E-state index >= 15 is 0 Å². The monoisotopic (exact) mass is 338 g/mol. The minimum atomic E-state index is -0.0746. The minimum Gasteiger partial charge on any atom is -0.352 e. The highest BCUT2D eigenvalue weighted by Crippen LogP contribution is 2.07. The summed E-state index contributed by atoms with van der Waals surface area (Å²) in [5, 5.41) is 6.94. The van der Waals surface area contributed by atoms with E-state index in [-0.39, 0.29) is 11.7 Å². The fourth-order valence-electron chi connectivity index (χ4n) is 2.06. The second-order valence-corrected chi connectivity index (χ2v) is 5.46. The molecule has 130 valence electrons. The van der Waals surface area contributed by atoms with Crippen LogP contribution in [0.15, 0.2) is 47.7 Å². The van der Waals surface area contributed by atoms with E-state index in [9.17, 15) is 9.59 Å². The van der Waals surface area contributed by atoms with E-state index in [1.807, 2.05) is 26.0 Å². The first-order valence-electron chi connectivity index (χ1n) is 8.30. The molecule has 1 aromatic carbocycles. The number of rotatable bonds is 8. The summed E-state index contributed by atoms with van der Waals surface area (Å²) in [7, 11) is 0. The lowest BCUT2D eigenvalue weighted by Gasteiger charge is -2.03. The van der Waals surface area contributed by atoms with Crippen molar-refractivity contribution in [2.24, 2.45) is 5.10 Å².